The minimum absolute atomic E-state index is 0.0340. The van der Waals surface area contributed by atoms with E-state index >= 15 is 0 Å². The topological polar surface area (TPSA) is 82.5 Å². The molecule has 9 heteroatoms. The van der Waals surface area contributed by atoms with Crippen LogP contribution >= 0.6 is 0 Å². The van der Waals surface area contributed by atoms with Crippen molar-refractivity contribution < 1.29 is 27.8 Å². The SMILES string of the molecule is CCCOc1ccc(C(=O)C2CC(=O)Nc3c2c(C)nn3-c2ccc(F)cc2F)cc1OC. The smallest absolute Gasteiger partial charge is 0.226 e. The van der Waals surface area contributed by atoms with Crippen LogP contribution in [0.4, 0.5) is 14.6 Å². The van der Waals surface area contributed by atoms with Gasteiger partial charge in [0.15, 0.2) is 23.1 Å². The molecule has 0 saturated carbocycles. The molecule has 2 aromatic carbocycles. The molecule has 1 atom stereocenters. The molecule has 1 aromatic heterocycles. The normalized spacial score (nSPS) is 15.1. The largest absolute Gasteiger partial charge is 0.493 e. The number of ether oxygens (including phenoxy) is 2. The Labute approximate surface area is 189 Å². The van der Waals surface area contributed by atoms with Gasteiger partial charge in [0.25, 0.3) is 0 Å². The molecule has 1 aliphatic heterocycles. The molecular weight excluding hydrogens is 432 g/mol. The third kappa shape index (κ3) is 4.18. The molecule has 4 rings (SSSR count). The van der Waals surface area contributed by atoms with Gasteiger partial charge in [0.1, 0.15) is 17.3 Å². The standard InChI is InChI=1S/C24H23F2N3O4/c1-4-9-33-19-8-5-14(10-20(19)32-3)23(31)16-12-21(30)27-24-22(16)13(2)28-29(24)18-7-6-15(25)11-17(18)26/h5-8,10-11,16H,4,9,12H2,1-3H3,(H,27,30). The Morgan fingerprint density at radius 2 is 2.00 bits per heavy atom. The number of Topliss-reactive ketones (excluding diaryl/α,β-unsaturated/α-hetero) is 1. The number of carbonyl (C=O) groups is 2. The number of carbonyl (C=O) groups excluding carboxylic acids is 2. The highest BCUT2D eigenvalue weighted by Gasteiger charge is 2.37. The van der Waals surface area contributed by atoms with Crippen molar-refractivity contribution in [2.45, 2.75) is 32.6 Å². The minimum Gasteiger partial charge on any atom is -0.493 e. The predicted octanol–water partition coefficient (Wildman–Crippen LogP) is 4.57. The number of benzene rings is 2. The first-order valence-corrected chi connectivity index (χ1v) is 10.5. The number of hydrogen-bond acceptors (Lipinski definition) is 5. The van der Waals surface area contributed by atoms with Crippen LogP contribution in [-0.2, 0) is 4.79 Å². The summed E-state index contributed by atoms with van der Waals surface area (Å²) in [6.07, 6.45) is 0.738. The van der Waals surface area contributed by atoms with Gasteiger partial charge in [-0.2, -0.15) is 5.10 Å². The summed E-state index contributed by atoms with van der Waals surface area (Å²) >= 11 is 0. The van der Waals surface area contributed by atoms with Crippen LogP contribution in [0.2, 0.25) is 0 Å². The van der Waals surface area contributed by atoms with Crippen molar-refractivity contribution in [2.75, 3.05) is 19.0 Å². The number of ketones is 1. The number of nitrogens with zero attached hydrogens (tertiary/aromatic N) is 2. The number of rotatable bonds is 7. The lowest BCUT2D eigenvalue weighted by Gasteiger charge is -2.23. The summed E-state index contributed by atoms with van der Waals surface area (Å²) in [4.78, 5) is 26.0. The van der Waals surface area contributed by atoms with Crippen molar-refractivity contribution in [1.82, 2.24) is 9.78 Å². The van der Waals surface area contributed by atoms with E-state index in [1.54, 1.807) is 25.1 Å². The van der Waals surface area contributed by atoms with E-state index in [9.17, 15) is 18.4 Å². The quantitative estimate of drug-likeness (QED) is 0.528. The molecule has 0 aliphatic carbocycles. The molecule has 0 spiro atoms. The van der Waals surface area contributed by atoms with Crippen LogP contribution in [0, 0.1) is 18.6 Å². The van der Waals surface area contributed by atoms with Crippen molar-refractivity contribution >= 4 is 17.5 Å². The summed E-state index contributed by atoms with van der Waals surface area (Å²) in [7, 11) is 1.49. The van der Waals surface area contributed by atoms with Gasteiger partial charge < -0.3 is 14.8 Å². The highest BCUT2D eigenvalue weighted by atomic mass is 19.1. The molecule has 1 N–H and O–H groups in total. The number of fused-ring (bicyclic) bond motifs is 1. The molecular formula is C24H23F2N3O4. The second kappa shape index (κ2) is 9.01. The molecule has 0 bridgehead atoms. The maximum Gasteiger partial charge on any atom is 0.226 e. The molecule has 1 unspecified atom stereocenters. The fourth-order valence-corrected chi connectivity index (χ4v) is 3.95. The second-order valence-electron chi connectivity index (χ2n) is 7.74. The van der Waals surface area contributed by atoms with Gasteiger partial charge in [-0.15, -0.1) is 0 Å². The summed E-state index contributed by atoms with van der Waals surface area (Å²) in [5.41, 5.74) is 1.27. The molecule has 0 fully saturated rings. The first kappa shape index (κ1) is 22.4. The fourth-order valence-electron chi connectivity index (χ4n) is 3.95. The van der Waals surface area contributed by atoms with Crippen LogP contribution in [0.3, 0.4) is 0 Å². The molecule has 0 saturated heterocycles. The van der Waals surface area contributed by atoms with E-state index in [1.165, 1.54) is 17.9 Å². The average Bonchev–Trinajstić information content (AvgIpc) is 3.12. The van der Waals surface area contributed by atoms with E-state index in [4.69, 9.17) is 9.47 Å². The zero-order valence-electron chi connectivity index (χ0n) is 18.4. The number of amides is 1. The Morgan fingerprint density at radius 1 is 1.21 bits per heavy atom. The van der Waals surface area contributed by atoms with Crippen LogP contribution < -0.4 is 14.8 Å². The Morgan fingerprint density at radius 3 is 2.70 bits per heavy atom. The number of nitrogens with one attached hydrogen (secondary N) is 1. The summed E-state index contributed by atoms with van der Waals surface area (Å²) < 4.78 is 40.0. The third-order valence-corrected chi connectivity index (χ3v) is 5.47. The van der Waals surface area contributed by atoms with Gasteiger partial charge in [-0.25, -0.2) is 13.5 Å². The monoisotopic (exact) mass is 455 g/mol. The zero-order valence-corrected chi connectivity index (χ0v) is 18.4. The first-order chi connectivity index (χ1) is 15.8. The zero-order chi connectivity index (χ0) is 23.7. The second-order valence-corrected chi connectivity index (χ2v) is 7.74. The number of methoxy groups -OCH3 is 1. The Bertz CT molecular complexity index is 1240. The lowest BCUT2D eigenvalue weighted by Crippen LogP contribution is -2.28. The van der Waals surface area contributed by atoms with Gasteiger partial charge in [0.05, 0.1) is 25.3 Å². The van der Waals surface area contributed by atoms with Gasteiger partial charge in [-0.1, -0.05) is 6.92 Å². The van der Waals surface area contributed by atoms with Gasteiger partial charge in [0, 0.05) is 23.6 Å². The van der Waals surface area contributed by atoms with E-state index in [2.05, 4.69) is 10.4 Å². The van der Waals surface area contributed by atoms with Gasteiger partial charge >= 0.3 is 0 Å². The Hall–Kier alpha value is -3.75. The van der Waals surface area contributed by atoms with Crippen molar-refractivity contribution in [3.8, 4) is 17.2 Å². The maximum atomic E-state index is 14.4. The van der Waals surface area contributed by atoms with Crippen molar-refractivity contribution in [3.63, 3.8) is 0 Å². The fraction of sp³-hybridized carbons (Fsp3) is 0.292. The van der Waals surface area contributed by atoms with Crippen LogP contribution in [0.15, 0.2) is 36.4 Å². The van der Waals surface area contributed by atoms with E-state index in [-0.39, 0.29) is 23.7 Å². The molecule has 7 nitrogen and oxygen atoms in total. The molecule has 172 valence electrons. The summed E-state index contributed by atoms with van der Waals surface area (Å²) in [5.74, 6) is -1.96. The number of halogens is 2. The summed E-state index contributed by atoms with van der Waals surface area (Å²) in [6.45, 7) is 4.17. The van der Waals surface area contributed by atoms with Crippen LogP contribution in [0.5, 0.6) is 11.5 Å². The van der Waals surface area contributed by atoms with Gasteiger partial charge in [0.2, 0.25) is 5.91 Å². The molecule has 1 amide bonds. The van der Waals surface area contributed by atoms with E-state index in [1.807, 2.05) is 6.92 Å². The molecule has 3 aromatic rings. The Kier molecular flexibility index (Phi) is 6.13. The molecule has 1 aliphatic rings. The third-order valence-electron chi connectivity index (χ3n) is 5.47. The lowest BCUT2D eigenvalue weighted by atomic mass is 9.85. The highest BCUT2D eigenvalue weighted by Crippen LogP contribution is 2.39. The van der Waals surface area contributed by atoms with Crippen molar-refractivity contribution in [3.05, 3.63) is 64.9 Å². The number of aromatic nitrogens is 2. The minimum atomic E-state index is -0.838. The van der Waals surface area contributed by atoms with E-state index in [0.717, 1.165) is 18.6 Å². The number of hydrogen-bond donors (Lipinski definition) is 1. The maximum absolute atomic E-state index is 14.4. The lowest BCUT2D eigenvalue weighted by molar-refractivity contribution is -0.116. The van der Waals surface area contributed by atoms with Crippen LogP contribution in [0.1, 0.15) is 47.3 Å². The average molecular weight is 455 g/mol. The summed E-state index contributed by atoms with van der Waals surface area (Å²) in [5, 5.41) is 7.02. The van der Waals surface area contributed by atoms with Crippen molar-refractivity contribution in [2.24, 2.45) is 0 Å². The van der Waals surface area contributed by atoms with Crippen LogP contribution in [0.25, 0.3) is 5.69 Å². The Balaban J connectivity index is 1.75. The van der Waals surface area contributed by atoms with E-state index < -0.39 is 23.5 Å². The highest BCUT2D eigenvalue weighted by molar-refractivity contribution is 6.08. The predicted molar refractivity (Wildman–Crippen MR) is 117 cm³/mol. The molecule has 2 heterocycles. The summed E-state index contributed by atoms with van der Waals surface area (Å²) in [6, 6.07) is 7.94. The first-order valence-electron chi connectivity index (χ1n) is 10.5. The van der Waals surface area contributed by atoms with Gasteiger partial charge in [-0.3, -0.25) is 9.59 Å². The van der Waals surface area contributed by atoms with Crippen LogP contribution in [-0.4, -0.2) is 35.2 Å². The molecule has 33 heavy (non-hydrogen) atoms. The van der Waals surface area contributed by atoms with Gasteiger partial charge in [-0.05, 0) is 43.7 Å². The van der Waals surface area contributed by atoms with E-state index in [0.29, 0.717) is 34.9 Å². The molecule has 0 radical (unpaired) electrons. The number of anilines is 1. The number of aryl methyl sites for hydroxylation is 1. The van der Waals surface area contributed by atoms with Crippen molar-refractivity contribution in [1.29, 1.82) is 0 Å².